The van der Waals surface area contributed by atoms with Gasteiger partial charge in [0.25, 0.3) is 0 Å². The molecule has 1 aromatic rings. The summed E-state index contributed by atoms with van der Waals surface area (Å²) in [6.45, 7) is 0. The lowest BCUT2D eigenvalue weighted by molar-refractivity contribution is 0.301. The van der Waals surface area contributed by atoms with E-state index in [1.165, 1.54) is 19.3 Å². The van der Waals surface area contributed by atoms with Gasteiger partial charge in [-0.25, -0.2) is 0 Å². The van der Waals surface area contributed by atoms with E-state index in [-0.39, 0.29) is 0 Å². The summed E-state index contributed by atoms with van der Waals surface area (Å²) in [5.41, 5.74) is 5.39. The number of aromatic nitrogens is 1. The van der Waals surface area contributed by atoms with Crippen molar-refractivity contribution in [2.45, 2.75) is 25.2 Å². The van der Waals surface area contributed by atoms with E-state index < -0.39 is 0 Å². The van der Waals surface area contributed by atoms with Gasteiger partial charge < -0.3 is 10.3 Å². The fourth-order valence-electron chi connectivity index (χ4n) is 1.19. The highest BCUT2D eigenvalue weighted by atomic mass is 16.5. The third-order valence-corrected chi connectivity index (χ3v) is 2.05. The Kier molecular flexibility index (Phi) is 1.16. The number of hydrogen-bond donors (Lipinski definition) is 1. The molecule has 1 heterocycles. The molecule has 0 unspecified atom stereocenters. The molecule has 0 amide bonds. The first-order chi connectivity index (χ1) is 4.86. The predicted molar refractivity (Wildman–Crippen MR) is 37.5 cm³/mol. The van der Waals surface area contributed by atoms with Crippen molar-refractivity contribution in [2.75, 3.05) is 5.73 Å². The van der Waals surface area contributed by atoms with Gasteiger partial charge in [-0.05, 0) is 12.8 Å². The maximum absolute atomic E-state index is 5.39. The molecular weight excluding hydrogens is 128 g/mol. The third kappa shape index (κ3) is 0.781. The maximum atomic E-state index is 5.39. The number of rotatable bonds is 1. The summed E-state index contributed by atoms with van der Waals surface area (Å²) in [6.07, 6.45) is 3.77. The Hall–Kier alpha value is -0.990. The summed E-state index contributed by atoms with van der Waals surface area (Å²) in [6, 6.07) is 1.82. The van der Waals surface area contributed by atoms with E-state index in [0.717, 1.165) is 5.76 Å². The van der Waals surface area contributed by atoms with E-state index in [1.54, 1.807) is 0 Å². The molecule has 0 atom stereocenters. The normalized spacial score (nSPS) is 18.8. The quantitative estimate of drug-likeness (QED) is 0.640. The second-order valence-electron chi connectivity index (χ2n) is 2.78. The summed E-state index contributed by atoms with van der Waals surface area (Å²) < 4.78 is 4.99. The number of anilines is 1. The van der Waals surface area contributed by atoms with Crippen LogP contribution in [0.2, 0.25) is 0 Å². The van der Waals surface area contributed by atoms with E-state index >= 15 is 0 Å². The van der Waals surface area contributed by atoms with Crippen molar-refractivity contribution in [1.29, 1.82) is 0 Å². The monoisotopic (exact) mass is 138 g/mol. The summed E-state index contributed by atoms with van der Waals surface area (Å²) in [7, 11) is 0. The van der Waals surface area contributed by atoms with Gasteiger partial charge in [0.05, 0.1) is 0 Å². The number of nitrogens with zero attached hydrogens (tertiary/aromatic N) is 1. The van der Waals surface area contributed by atoms with Gasteiger partial charge in [-0.3, -0.25) is 0 Å². The van der Waals surface area contributed by atoms with Crippen LogP contribution in [0.15, 0.2) is 10.6 Å². The Balaban J connectivity index is 2.17. The predicted octanol–water partition coefficient (Wildman–Crippen LogP) is 1.52. The fourth-order valence-corrected chi connectivity index (χ4v) is 1.19. The van der Waals surface area contributed by atoms with E-state index in [2.05, 4.69) is 5.16 Å². The van der Waals surface area contributed by atoms with E-state index in [9.17, 15) is 0 Å². The Morgan fingerprint density at radius 1 is 1.60 bits per heavy atom. The van der Waals surface area contributed by atoms with Crippen LogP contribution in [0.5, 0.6) is 0 Å². The molecule has 0 saturated heterocycles. The van der Waals surface area contributed by atoms with E-state index in [4.69, 9.17) is 10.3 Å². The van der Waals surface area contributed by atoms with Gasteiger partial charge >= 0.3 is 0 Å². The van der Waals surface area contributed by atoms with Crippen LogP contribution in [-0.2, 0) is 0 Å². The average Bonchev–Trinajstić information content (AvgIpc) is 2.10. The van der Waals surface area contributed by atoms with Crippen LogP contribution in [-0.4, -0.2) is 5.16 Å². The van der Waals surface area contributed by atoms with Crippen LogP contribution in [0.1, 0.15) is 30.9 Å². The minimum atomic E-state index is 0.502. The molecule has 2 rings (SSSR count). The maximum Gasteiger partial charge on any atom is 0.167 e. The van der Waals surface area contributed by atoms with Crippen molar-refractivity contribution in [2.24, 2.45) is 0 Å². The second-order valence-corrected chi connectivity index (χ2v) is 2.78. The number of nitrogens with two attached hydrogens (primary N) is 1. The minimum absolute atomic E-state index is 0.502. The molecular formula is C7H10N2O. The van der Waals surface area contributed by atoms with Gasteiger partial charge in [0.2, 0.25) is 0 Å². The fraction of sp³-hybridized carbons (Fsp3) is 0.571. The van der Waals surface area contributed by atoms with Gasteiger partial charge in [-0.2, -0.15) is 0 Å². The largest absolute Gasteiger partial charge is 0.381 e. The van der Waals surface area contributed by atoms with Gasteiger partial charge in [-0.1, -0.05) is 11.6 Å². The molecule has 10 heavy (non-hydrogen) atoms. The average molecular weight is 138 g/mol. The van der Waals surface area contributed by atoms with Crippen LogP contribution >= 0.6 is 0 Å². The molecule has 54 valence electrons. The van der Waals surface area contributed by atoms with Crippen LogP contribution in [0.3, 0.4) is 0 Å². The summed E-state index contributed by atoms with van der Waals surface area (Å²) in [5, 5.41) is 3.62. The molecule has 3 heteroatoms. The standard InChI is InChI=1S/C7H10N2O/c8-7-4-6(10-9-7)5-2-1-3-5/h4-5H,1-3H2,(H2,8,9). The molecule has 0 aromatic carbocycles. The third-order valence-electron chi connectivity index (χ3n) is 2.05. The summed E-state index contributed by atoms with van der Waals surface area (Å²) in [5.74, 6) is 2.07. The zero-order valence-electron chi connectivity index (χ0n) is 5.71. The number of hydrogen-bond acceptors (Lipinski definition) is 3. The van der Waals surface area contributed by atoms with Crippen molar-refractivity contribution >= 4 is 5.82 Å². The first-order valence-electron chi connectivity index (χ1n) is 3.58. The molecule has 1 aromatic heterocycles. The van der Waals surface area contributed by atoms with Crippen molar-refractivity contribution in [3.05, 3.63) is 11.8 Å². The van der Waals surface area contributed by atoms with Crippen molar-refractivity contribution in [3.63, 3.8) is 0 Å². The molecule has 1 aliphatic rings. The zero-order chi connectivity index (χ0) is 6.97. The van der Waals surface area contributed by atoms with Gasteiger partial charge in [-0.15, -0.1) is 0 Å². The van der Waals surface area contributed by atoms with Crippen molar-refractivity contribution < 1.29 is 4.52 Å². The Morgan fingerprint density at radius 3 is 2.80 bits per heavy atom. The van der Waals surface area contributed by atoms with Crippen molar-refractivity contribution in [1.82, 2.24) is 5.16 Å². The lowest BCUT2D eigenvalue weighted by Crippen LogP contribution is -2.07. The molecule has 0 aliphatic heterocycles. The molecule has 0 spiro atoms. The Bertz CT molecular complexity index is 227. The Morgan fingerprint density at radius 2 is 2.40 bits per heavy atom. The molecule has 0 bridgehead atoms. The van der Waals surface area contributed by atoms with Crippen LogP contribution in [0, 0.1) is 0 Å². The summed E-state index contributed by atoms with van der Waals surface area (Å²) >= 11 is 0. The van der Waals surface area contributed by atoms with E-state index in [1.807, 2.05) is 6.07 Å². The molecule has 3 nitrogen and oxygen atoms in total. The molecule has 1 aliphatic carbocycles. The molecule has 0 radical (unpaired) electrons. The topological polar surface area (TPSA) is 52.0 Å². The molecule has 1 saturated carbocycles. The van der Waals surface area contributed by atoms with Crippen LogP contribution in [0.25, 0.3) is 0 Å². The highest BCUT2D eigenvalue weighted by Crippen LogP contribution is 2.36. The van der Waals surface area contributed by atoms with E-state index in [0.29, 0.717) is 11.7 Å². The molecule has 2 N–H and O–H groups in total. The highest BCUT2D eigenvalue weighted by Gasteiger charge is 2.23. The van der Waals surface area contributed by atoms with Gasteiger partial charge in [0.15, 0.2) is 5.82 Å². The highest BCUT2D eigenvalue weighted by molar-refractivity contribution is 5.28. The zero-order valence-corrected chi connectivity index (χ0v) is 5.71. The van der Waals surface area contributed by atoms with Gasteiger partial charge in [0, 0.05) is 12.0 Å². The van der Waals surface area contributed by atoms with Crippen LogP contribution in [0.4, 0.5) is 5.82 Å². The number of nitrogen functional groups attached to an aromatic ring is 1. The summed E-state index contributed by atoms with van der Waals surface area (Å²) in [4.78, 5) is 0. The smallest absolute Gasteiger partial charge is 0.167 e. The lowest BCUT2D eigenvalue weighted by atomic mass is 9.84. The first-order valence-corrected chi connectivity index (χ1v) is 3.58. The van der Waals surface area contributed by atoms with Gasteiger partial charge in [0.1, 0.15) is 5.76 Å². The SMILES string of the molecule is Nc1cc(C2CCC2)on1. The molecule has 1 fully saturated rings. The lowest BCUT2D eigenvalue weighted by Gasteiger charge is -2.21. The Labute approximate surface area is 59.2 Å². The van der Waals surface area contributed by atoms with Crippen molar-refractivity contribution in [3.8, 4) is 0 Å². The van der Waals surface area contributed by atoms with Crippen LogP contribution < -0.4 is 5.73 Å². The minimum Gasteiger partial charge on any atom is -0.381 e. The second kappa shape index (κ2) is 2.01. The first kappa shape index (κ1) is 5.77.